The molecule has 0 radical (unpaired) electrons. The molecule has 124 valence electrons. The summed E-state index contributed by atoms with van der Waals surface area (Å²) < 4.78 is 0. The van der Waals surface area contributed by atoms with E-state index in [1.807, 2.05) is 24.3 Å². The Hall–Kier alpha value is -1.22. The lowest BCUT2D eigenvalue weighted by Gasteiger charge is -2.35. The van der Waals surface area contributed by atoms with Crippen molar-refractivity contribution in [1.29, 1.82) is 0 Å². The minimum absolute atomic E-state index is 0. The molecule has 1 aliphatic carbocycles. The summed E-state index contributed by atoms with van der Waals surface area (Å²) in [6.07, 6.45) is 6.15. The third-order valence-electron chi connectivity index (χ3n) is 4.70. The summed E-state index contributed by atoms with van der Waals surface area (Å²) in [4.78, 5) is 12.2. The second kappa shape index (κ2) is 9.04. The third-order valence-corrected chi connectivity index (χ3v) is 4.70. The number of halogens is 1. The SMILES string of the molecule is CC(C)C1CCCCC1NC(=O)CCc1ccccc1N.Cl. The second-order valence-corrected chi connectivity index (χ2v) is 6.57. The fourth-order valence-corrected chi connectivity index (χ4v) is 3.43. The van der Waals surface area contributed by atoms with E-state index < -0.39 is 0 Å². The van der Waals surface area contributed by atoms with Crippen LogP contribution in [0, 0.1) is 11.8 Å². The second-order valence-electron chi connectivity index (χ2n) is 6.57. The number of benzene rings is 1. The van der Waals surface area contributed by atoms with Crippen LogP contribution in [0.4, 0.5) is 5.69 Å². The molecule has 3 N–H and O–H groups in total. The molecular weight excluding hydrogens is 296 g/mol. The van der Waals surface area contributed by atoms with Crippen LogP contribution in [-0.2, 0) is 11.2 Å². The number of nitrogens with one attached hydrogen (secondary N) is 1. The fourth-order valence-electron chi connectivity index (χ4n) is 3.43. The molecule has 0 aliphatic heterocycles. The van der Waals surface area contributed by atoms with Gasteiger partial charge in [0.1, 0.15) is 0 Å². The van der Waals surface area contributed by atoms with Crippen molar-refractivity contribution in [1.82, 2.24) is 5.32 Å². The number of hydrogen-bond donors (Lipinski definition) is 2. The number of nitrogen functional groups attached to an aromatic ring is 1. The Morgan fingerprint density at radius 2 is 1.95 bits per heavy atom. The van der Waals surface area contributed by atoms with E-state index in [4.69, 9.17) is 5.73 Å². The van der Waals surface area contributed by atoms with E-state index in [2.05, 4.69) is 19.2 Å². The van der Waals surface area contributed by atoms with Crippen molar-refractivity contribution in [2.45, 2.75) is 58.4 Å². The molecule has 0 saturated heterocycles. The van der Waals surface area contributed by atoms with Gasteiger partial charge >= 0.3 is 0 Å². The first kappa shape index (κ1) is 18.8. The zero-order chi connectivity index (χ0) is 15.2. The standard InChI is InChI=1S/C18H28N2O.ClH/c1-13(2)15-8-4-6-10-17(15)20-18(21)12-11-14-7-3-5-9-16(14)19;/h3,5,7,9,13,15,17H,4,6,8,10-12,19H2,1-2H3,(H,20,21);1H. The van der Waals surface area contributed by atoms with Gasteiger partial charge in [0.15, 0.2) is 0 Å². The number of para-hydroxylation sites is 1. The van der Waals surface area contributed by atoms with Gasteiger partial charge in [-0.3, -0.25) is 4.79 Å². The predicted octanol–water partition coefficient (Wildman–Crippen LogP) is 3.95. The zero-order valence-corrected chi connectivity index (χ0v) is 14.5. The highest BCUT2D eigenvalue weighted by molar-refractivity contribution is 5.85. The van der Waals surface area contributed by atoms with Crippen LogP contribution >= 0.6 is 12.4 Å². The monoisotopic (exact) mass is 324 g/mol. The van der Waals surface area contributed by atoms with Crippen LogP contribution < -0.4 is 11.1 Å². The third kappa shape index (κ3) is 5.20. The van der Waals surface area contributed by atoms with Crippen LogP contribution in [0.1, 0.15) is 51.5 Å². The minimum atomic E-state index is 0. The summed E-state index contributed by atoms with van der Waals surface area (Å²) in [5, 5.41) is 3.26. The van der Waals surface area contributed by atoms with Gasteiger partial charge in [0.2, 0.25) is 5.91 Å². The molecule has 1 aromatic rings. The molecule has 1 aromatic carbocycles. The van der Waals surface area contributed by atoms with Crippen molar-refractivity contribution in [2.24, 2.45) is 11.8 Å². The molecule has 0 spiro atoms. The molecule has 22 heavy (non-hydrogen) atoms. The molecule has 0 aromatic heterocycles. The average Bonchev–Trinajstić information content (AvgIpc) is 2.47. The first-order valence-corrected chi connectivity index (χ1v) is 8.20. The Balaban J connectivity index is 0.00000242. The summed E-state index contributed by atoms with van der Waals surface area (Å²) in [5.74, 6) is 1.43. The molecular formula is C18H29ClN2O. The van der Waals surface area contributed by atoms with Crippen molar-refractivity contribution < 1.29 is 4.79 Å². The van der Waals surface area contributed by atoms with Gasteiger partial charge in [0, 0.05) is 18.2 Å². The number of rotatable bonds is 5. The van der Waals surface area contributed by atoms with Crippen molar-refractivity contribution in [3.63, 3.8) is 0 Å². The molecule has 1 fully saturated rings. The lowest BCUT2D eigenvalue weighted by atomic mass is 9.78. The Morgan fingerprint density at radius 3 is 2.64 bits per heavy atom. The van der Waals surface area contributed by atoms with Gasteiger partial charge in [0.25, 0.3) is 0 Å². The maximum atomic E-state index is 12.2. The molecule has 1 saturated carbocycles. The number of anilines is 1. The Kier molecular flexibility index (Phi) is 7.74. The Labute approximate surface area is 140 Å². The molecule has 0 heterocycles. The van der Waals surface area contributed by atoms with E-state index in [9.17, 15) is 4.79 Å². The summed E-state index contributed by atoms with van der Waals surface area (Å²) in [7, 11) is 0. The van der Waals surface area contributed by atoms with Gasteiger partial charge in [-0.15, -0.1) is 12.4 Å². The van der Waals surface area contributed by atoms with Crippen LogP contribution in [0.15, 0.2) is 24.3 Å². The van der Waals surface area contributed by atoms with Crippen LogP contribution in [0.25, 0.3) is 0 Å². The summed E-state index contributed by atoms with van der Waals surface area (Å²) >= 11 is 0. The molecule has 1 amide bonds. The summed E-state index contributed by atoms with van der Waals surface area (Å²) in [6, 6.07) is 8.15. The maximum absolute atomic E-state index is 12.2. The smallest absolute Gasteiger partial charge is 0.220 e. The molecule has 2 atom stereocenters. The minimum Gasteiger partial charge on any atom is -0.399 e. The van der Waals surface area contributed by atoms with Gasteiger partial charge < -0.3 is 11.1 Å². The highest BCUT2D eigenvalue weighted by atomic mass is 35.5. The highest BCUT2D eigenvalue weighted by Gasteiger charge is 2.28. The predicted molar refractivity (Wildman–Crippen MR) is 95.2 cm³/mol. The quantitative estimate of drug-likeness (QED) is 0.806. The lowest BCUT2D eigenvalue weighted by Crippen LogP contribution is -2.44. The topological polar surface area (TPSA) is 55.1 Å². The summed E-state index contributed by atoms with van der Waals surface area (Å²) in [6.45, 7) is 4.53. The summed E-state index contributed by atoms with van der Waals surface area (Å²) in [5.41, 5.74) is 7.77. The van der Waals surface area contributed by atoms with Crippen LogP contribution in [-0.4, -0.2) is 11.9 Å². The first-order chi connectivity index (χ1) is 10.1. The highest BCUT2D eigenvalue weighted by Crippen LogP contribution is 2.30. The van der Waals surface area contributed by atoms with E-state index in [1.165, 1.54) is 19.3 Å². The number of carbonyl (C=O) groups excluding carboxylic acids is 1. The van der Waals surface area contributed by atoms with Gasteiger partial charge in [-0.25, -0.2) is 0 Å². The van der Waals surface area contributed by atoms with Gasteiger partial charge in [-0.1, -0.05) is 44.9 Å². The molecule has 2 unspecified atom stereocenters. The molecule has 0 bridgehead atoms. The van der Waals surface area contributed by atoms with Crippen molar-refractivity contribution in [3.05, 3.63) is 29.8 Å². The van der Waals surface area contributed by atoms with E-state index in [1.54, 1.807) is 0 Å². The largest absolute Gasteiger partial charge is 0.399 e. The average molecular weight is 325 g/mol. The van der Waals surface area contributed by atoms with Crippen molar-refractivity contribution in [2.75, 3.05) is 5.73 Å². The molecule has 2 rings (SSSR count). The molecule has 4 heteroatoms. The number of hydrogen-bond acceptors (Lipinski definition) is 2. The number of carbonyl (C=O) groups is 1. The van der Waals surface area contributed by atoms with E-state index >= 15 is 0 Å². The fraction of sp³-hybridized carbons (Fsp3) is 0.611. The van der Waals surface area contributed by atoms with Crippen LogP contribution in [0.5, 0.6) is 0 Å². The lowest BCUT2D eigenvalue weighted by molar-refractivity contribution is -0.122. The van der Waals surface area contributed by atoms with Crippen molar-refractivity contribution >= 4 is 24.0 Å². The number of aryl methyl sites for hydroxylation is 1. The molecule has 1 aliphatic rings. The Bertz CT molecular complexity index is 476. The van der Waals surface area contributed by atoms with E-state index in [0.29, 0.717) is 24.3 Å². The van der Waals surface area contributed by atoms with Crippen LogP contribution in [0.2, 0.25) is 0 Å². The zero-order valence-electron chi connectivity index (χ0n) is 13.7. The first-order valence-electron chi connectivity index (χ1n) is 8.20. The Morgan fingerprint density at radius 1 is 1.27 bits per heavy atom. The van der Waals surface area contributed by atoms with Crippen molar-refractivity contribution in [3.8, 4) is 0 Å². The normalized spacial score (nSPS) is 21.2. The van der Waals surface area contributed by atoms with Gasteiger partial charge in [0.05, 0.1) is 0 Å². The van der Waals surface area contributed by atoms with Crippen LogP contribution in [0.3, 0.4) is 0 Å². The number of amides is 1. The van der Waals surface area contributed by atoms with E-state index in [0.717, 1.165) is 24.1 Å². The van der Waals surface area contributed by atoms with E-state index in [-0.39, 0.29) is 18.3 Å². The maximum Gasteiger partial charge on any atom is 0.220 e. The van der Waals surface area contributed by atoms with Gasteiger partial charge in [-0.2, -0.15) is 0 Å². The number of nitrogens with two attached hydrogens (primary N) is 1. The molecule has 3 nitrogen and oxygen atoms in total. The van der Waals surface area contributed by atoms with Gasteiger partial charge in [-0.05, 0) is 42.7 Å².